The molecule has 8 heteroatoms. The second kappa shape index (κ2) is 11.7. The molecule has 0 radical (unpaired) electrons. The SMILES string of the molecule is CCNC(=NCC(C)(O)c1ccco1)NCCCOC1CCOC1.I. The third-order valence-corrected chi connectivity index (χ3v) is 3.80. The highest BCUT2D eigenvalue weighted by molar-refractivity contribution is 14.0. The zero-order chi connectivity index (χ0) is 17.3. The van der Waals surface area contributed by atoms with Crippen LogP contribution in [0.15, 0.2) is 27.8 Å². The molecule has 2 rings (SSSR count). The van der Waals surface area contributed by atoms with Gasteiger partial charge in [-0.1, -0.05) is 0 Å². The number of furan rings is 1. The Kier molecular flexibility index (Phi) is 10.4. The zero-order valence-electron chi connectivity index (χ0n) is 15.0. The Balaban J connectivity index is 0.00000312. The van der Waals surface area contributed by atoms with Crippen LogP contribution in [-0.4, -0.2) is 56.6 Å². The number of halogens is 1. The van der Waals surface area contributed by atoms with Gasteiger partial charge in [0.05, 0.1) is 25.5 Å². The first kappa shape index (κ1) is 22.2. The van der Waals surface area contributed by atoms with Gasteiger partial charge in [0, 0.05) is 26.3 Å². The van der Waals surface area contributed by atoms with Crippen LogP contribution in [0.3, 0.4) is 0 Å². The second-order valence-electron chi connectivity index (χ2n) is 6.08. The maximum atomic E-state index is 10.4. The molecule has 144 valence electrons. The summed E-state index contributed by atoms with van der Waals surface area (Å²) in [6, 6.07) is 3.51. The highest BCUT2D eigenvalue weighted by atomic mass is 127. The van der Waals surface area contributed by atoms with E-state index in [2.05, 4.69) is 15.6 Å². The van der Waals surface area contributed by atoms with E-state index in [-0.39, 0.29) is 36.6 Å². The van der Waals surface area contributed by atoms with Crippen LogP contribution in [0.1, 0.15) is 32.4 Å². The molecule has 3 N–H and O–H groups in total. The summed E-state index contributed by atoms with van der Waals surface area (Å²) in [5.74, 6) is 1.18. The van der Waals surface area contributed by atoms with Crippen molar-refractivity contribution in [2.75, 3.05) is 39.5 Å². The molecule has 1 saturated heterocycles. The first-order chi connectivity index (χ1) is 11.6. The predicted molar refractivity (Wildman–Crippen MR) is 107 cm³/mol. The summed E-state index contributed by atoms with van der Waals surface area (Å²) >= 11 is 0. The fraction of sp³-hybridized carbons (Fsp3) is 0.706. The number of guanidine groups is 1. The predicted octanol–water partition coefficient (Wildman–Crippen LogP) is 1.86. The normalized spacial score (nSPS) is 20.0. The summed E-state index contributed by atoms with van der Waals surface area (Å²) < 4.78 is 16.3. The van der Waals surface area contributed by atoms with Crippen molar-refractivity contribution < 1.29 is 19.0 Å². The molecule has 2 heterocycles. The Bertz CT molecular complexity index is 488. The van der Waals surface area contributed by atoms with E-state index in [1.54, 1.807) is 25.3 Å². The molecule has 1 aromatic rings. The third-order valence-electron chi connectivity index (χ3n) is 3.80. The summed E-state index contributed by atoms with van der Waals surface area (Å²) in [6.45, 7) is 7.62. The monoisotopic (exact) mass is 467 g/mol. The molecule has 0 saturated carbocycles. The Morgan fingerprint density at radius 3 is 2.96 bits per heavy atom. The number of aliphatic imine (C=N–C) groups is 1. The van der Waals surface area contributed by atoms with Crippen molar-refractivity contribution in [2.24, 2.45) is 4.99 Å². The highest BCUT2D eigenvalue weighted by Gasteiger charge is 2.26. The molecule has 2 atom stereocenters. The fourth-order valence-corrected chi connectivity index (χ4v) is 2.41. The summed E-state index contributed by atoms with van der Waals surface area (Å²) in [7, 11) is 0. The van der Waals surface area contributed by atoms with Gasteiger partial charge in [-0.05, 0) is 38.8 Å². The van der Waals surface area contributed by atoms with Crippen molar-refractivity contribution in [1.82, 2.24) is 10.6 Å². The minimum absolute atomic E-state index is 0. The van der Waals surface area contributed by atoms with E-state index < -0.39 is 5.60 Å². The van der Waals surface area contributed by atoms with Crippen molar-refractivity contribution in [3.8, 4) is 0 Å². The quantitative estimate of drug-likeness (QED) is 0.223. The van der Waals surface area contributed by atoms with Crippen molar-refractivity contribution in [3.63, 3.8) is 0 Å². The lowest BCUT2D eigenvalue weighted by atomic mass is 10.0. The van der Waals surface area contributed by atoms with Crippen LogP contribution in [0.2, 0.25) is 0 Å². The van der Waals surface area contributed by atoms with Gasteiger partial charge < -0.3 is 29.6 Å². The van der Waals surface area contributed by atoms with Gasteiger partial charge in [0.2, 0.25) is 0 Å². The van der Waals surface area contributed by atoms with E-state index in [1.807, 2.05) is 6.92 Å². The molecule has 0 spiro atoms. The number of hydrogen-bond donors (Lipinski definition) is 3. The lowest BCUT2D eigenvalue weighted by molar-refractivity contribution is 0.0417. The zero-order valence-corrected chi connectivity index (χ0v) is 17.3. The molecule has 1 aliphatic rings. The molecule has 1 aromatic heterocycles. The maximum Gasteiger partial charge on any atom is 0.191 e. The van der Waals surface area contributed by atoms with Crippen LogP contribution >= 0.6 is 24.0 Å². The van der Waals surface area contributed by atoms with Crippen molar-refractivity contribution in [3.05, 3.63) is 24.2 Å². The molecule has 0 amide bonds. The Labute approximate surface area is 166 Å². The van der Waals surface area contributed by atoms with Gasteiger partial charge in [-0.15, -0.1) is 24.0 Å². The Hall–Kier alpha value is -0.840. The standard InChI is InChI=1S/C17H29N3O4.HI/c1-3-18-16(19-8-5-10-23-14-7-11-22-12-14)20-13-17(2,21)15-6-4-9-24-15;/h4,6,9,14,21H,3,5,7-8,10-13H2,1-2H3,(H2,18,19,20);1H. The third kappa shape index (κ3) is 7.93. The van der Waals surface area contributed by atoms with Crippen molar-refractivity contribution in [2.45, 2.75) is 38.4 Å². The van der Waals surface area contributed by atoms with Gasteiger partial charge in [0.15, 0.2) is 5.96 Å². The lowest BCUT2D eigenvalue weighted by Crippen LogP contribution is -2.39. The molecular weight excluding hydrogens is 437 g/mol. The minimum Gasteiger partial charge on any atom is -0.466 e. The maximum absolute atomic E-state index is 10.4. The van der Waals surface area contributed by atoms with E-state index in [0.29, 0.717) is 24.9 Å². The molecule has 0 aliphatic carbocycles. The molecule has 0 bridgehead atoms. The molecular formula is C17H30IN3O4. The van der Waals surface area contributed by atoms with Crippen molar-refractivity contribution in [1.29, 1.82) is 0 Å². The van der Waals surface area contributed by atoms with Crippen LogP contribution in [0.5, 0.6) is 0 Å². The van der Waals surface area contributed by atoms with Gasteiger partial charge in [-0.25, -0.2) is 4.99 Å². The van der Waals surface area contributed by atoms with E-state index in [9.17, 15) is 5.11 Å². The number of hydrogen-bond acceptors (Lipinski definition) is 5. The van der Waals surface area contributed by atoms with E-state index in [4.69, 9.17) is 13.9 Å². The Morgan fingerprint density at radius 1 is 1.48 bits per heavy atom. The summed E-state index contributed by atoms with van der Waals surface area (Å²) in [4.78, 5) is 4.44. The number of aliphatic hydroxyl groups is 1. The minimum atomic E-state index is -1.13. The number of nitrogens with zero attached hydrogens (tertiary/aromatic N) is 1. The molecule has 1 aliphatic heterocycles. The van der Waals surface area contributed by atoms with Crippen LogP contribution < -0.4 is 10.6 Å². The molecule has 1 fully saturated rings. The summed E-state index contributed by atoms with van der Waals surface area (Å²) in [6.07, 6.45) is 3.66. The Morgan fingerprint density at radius 2 is 2.32 bits per heavy atom. The molecule has 7 nitrogen and oxygen atoms in total. The molecule has 25 heavy (non-hydrogen) atoms. The summed E-state index contributed by atoms with van der Waals surface area (Å²) in [5, 5.41) is 16.9. The summed E-state index contributed by atoms with van der Waals surface area (Å²) in [5.41, 5.74) is -1.13. The topological polar surface area (TPSA) is 88.3 Å². The van der Waals surface area contributed by atoms with Gasteiger partial charge in [-0.2, -0.15) is 0 Å². The fourth-order valence-electron chi connectivity index (χ4n) is 2.41. The second-order valence-corrected chi connectivity index (χ2v) is 6.08. The smallest absolute Gasteiger partial charge is 0.191 e. The first-order valence-corrected chi connectivity index (χ1v) is 8.59. The molecule has 0 aromatic carbocycles. The van der Waals surface area contributed by atoms with Crippen LogP contribution in [0.25, 0.3) is 0 Å². The van der Waals surface area contributed by atoms with Gasteiger partial charge in [0.25, 0.3) is 0 Å². The van der Waals surface area contributed by atoms with Gasteiger partial charge in [-0.3, -0.25) is 0 Å². The number of nitrogens with one attached hydrogen (secondary N) is 2. The average Bonchev–Trinajstić information content (AvgIpc) is 3.25. The highest BCUT2D eigenvalue weighted by Crippen LogP contribution is 2.20. The van der Waals surface area contributed by atoms with Gasteiger partial charge in [0.1, 0.15) is 11.4 Å². The van der Waals surface area contributed by atoms with E-state index in [1.165, 1.54) is 0 Å². The van der Waals surface area contributed by atoms with Crippen LogP contribution in [-0.2, 0) is 15.1 Å². The van der Waals surface area contributed by atoms with Crippen LogP contribution in [0, 0.1) is 0 Å². The van der Waals surface area contributed by atoms with E-state index in [0.717, 1.165) is 32.5 Å². The van der Waals surface area contributed by atoms with Crippen LogP contribution in [0.4, 0.5) is 0 Å². The largest absolute Gasteiger partial charge is 0.466 e. The van der Waals surface area contributed by atoms with Crippen molar-refractivity contribution >= 4 is 29.9 Å². The lowest BCUT2D eigenvalue weighted by Gasteiger charge is -2.19. The molecule has 2 unspecified atom stereocenters. The number of ether oxygens (including phenoxy) is 2. The average molecular weight is 467 g/mol. The number of rotatable bonds is 9. The first-order valence-electron chi connectivity index (χ1n) is 8.59. The van der Waals surface area contributed by atoms with E-state index >= 15 is 0 Å². The van der Waals surface area contributed by atoms with Gasteiger partial charge >= 0.3 is 0 Å².